The van der Waals surface area contributed by atoms with Crippen molar-refractivity contribution in [3.05, 3.63) is 45.5 Å². The summed E-state index contributed by atoms with van der Waals surface area (Å²) in [7, 11) is 0. The van der Waals surface area contributed by atoms with Gasteiger partial charge in [0, 0.05) is 6.42 Å². The molecule has 0 aliphatic heterocycles. The molecule has 0 saturated heterocycles. The summed E-state index contributed by atoms with van der Waals surface area (Å²) in [5, 5.41) is 1.26. The van der Waals surface area contributed by atoms with E-state index in [1.165, 1.54) is 12.1 Å². The number of hydrogen-bond acceptors (Lipinski definition) is 2. The molecule has 1 atom stereocenters. The van der Waals surface area contributed by atoms with E-state index in [1.807, 2.05) is 0 Å². The number of carbonyl (C=O) groups is 1. The van der Waals surface area contributed by atoms with E-state index >= 15 is 0 Å². The Balaban J connectivity index is 2.76. The highest BCUT2D eigenvalue weighted by Crippen LogP contribution is 2.26. The fourth-order valence-electron chi connectivity index (χ4n) is 1.35. The van der Waals surface area contributed by atoms with E-state index < -0.39 is 34.4 Å². The van der Waals surface area contributed by atoms with Crippen LogP contribution in [0.3, 0.4) is 0 Å². The topological polar surface area (TPSA) is 38.3 Å². The normalized spacial score (nSPS) is 12.5. The molecule has 0 aromatic heterocycles. The predicted molar refractivity (Wildman–Crippen MR) is 74.2 cm³/mol. The van der Waals surface area contributed by atoms with Gasteiger partial charge in [-0.05, 0) is 5.56 Å². The molecule has 0 spiro atoms. The molecule has 0 heterocycles. The molecular weight excluding hydrogens is 353 g/mol. The van der Waals surface area contributed by atoms with E-state index in [4.69, 9.17) is 34.8 Å². The maximum absolute atomic E-state index is 12.9. The summed E-state index contributed by atoms with van der Waals surface area (Å²) in [6.07, 6.45) is -8.97. The van der Waals surface area contributed by atoms with E-state index in [1.54, 1.807) is 23.5 Å². The van der Waals surface area contributed by atoms with Crippen molar-refractivity contribution < 1.29 is 22.7 Å². The fourth-order valence-corrected chi connectivity index (χ4v) is 1.52. The number of alkyl halides is 3. The molecule has 21 heavy (non-hydrogen) atoms. The number of nitrogens with one attached hydrogen (secondary N) is 1. The van der Waals surface area contributed by atoms with Crippen molar-refractivity contribution in [2.45, 2.75) is 18.7 Å². The second-order valence-electron chi connectivity index (χ2n) is 3.82. The van der Waals surface area contributed by atoms with Crippen LogP contribution in [0, 0.1) is 0 Å². The van der Waals surface area contributed by atoms with Gasteiger partial charge in [0.2, 0.25) is 6.10 Å². The molecule has 0 aliphatic carbocycles. The molecule has 116 valence electrons. The zero-order chi connectivity index (χ0) is 16.0. The van der Waals surface area contributed by atoms with Gasteiger partial charge in [-0.15, -0.1) is 0 Å². The Hall–Kier alpha value is -1.11. The average molecular weight is 363 g/mol. The summed E-state index contributed by atoms with van der Waals surface area (Å²) < 4.78 is 42.4. The number of benzene rings is 1. The summed E-state index contributed by atoms with van der Waals surface area (Å²) in [6.45, 7) is 0. The van der Waals surface area contributed by atoms with Gasteiger partial charge in [0.1, 0.15) is 9.65 Å². The van der Waals surface area contributed by atoms with Gasteiger partial charge in [-0.2, -0.15) is 13.2 Å². The number of rotatable bonds is 4. The quantitative estimate of drug-likeness (QED) is 0.787. The third-order valence-corrected chi connectivity index (χ3v) is 3.11. The third kappa shape index (κ3) is 6.46. The zero-order valence-corrected chi connectivity index (χ0v) is 12.5. The van der Waals surface area contributed by atoms with E-state index in [0.717, 1.165) is 0 Å². The lowest BCUT2D eigenvalue weighted by Gasteiger charge is -2.20. The Kier molecular flexibility index (Phi) is 6.64. The summed E-state index contributed by atoms with van der Waals surface area (Å²) in [4.78, 5) is 11.3. The second-order valence-corrected chi connectivity index (χ2v) is 5.15. The van der Waals surface area contributed by atoms with Crippen LogP contribution in [0.1, 0.15) is 5.56 Å². The molecule has 0 unspecified atom stereocenters. The summed E-state index contributed by atoms with van der Waals surface area (Å²) in [6, 6.07) is 7.79. The SMILES string of the molecule is O=C(NC(Cl)=C(Cl)Cl)O[C@H](Cc1ccccc1)C(F)(F)F. The van der Waals surface area contributed by atoms with Crippen LogP contribution in [0.15, 0.2) is 40.0 Å². The molecule has 0 fully saturated rings. The number of ether oxygens (including phenoxy) is 1. The predicted octanol–water partition coefficient (Wildman–Crippen LogP) is 4.73. The van der Waals surface area contributed by atoms with E-state index in [-0.39, 0.29) is 0 Å². The lowest BCUT2D eigenvalue weighted by Crippen LogP contribution is -2.38. The van der Waals surface area contributed by atoms with Crippen molar-refractivity contribution in [3.63, 3.8) is 0 Å². The fraction of sp³-hybridized carbons (Fsp3) is 0.250. The van der Waals surface area contributed by atoms with Crippen molar-refractivity contribution in [3.8, 4) is 0 Å². The minimum absolute atomic E-state index is 0.365. The maximum atomic E-state index is 12.9. The third-order valence-electron chi connectivity index (χ3n) is 2.26. The van der Waals surface area contributed by atoms with Crippen molar-refractivity contribution in [2.24, 2.45) is 0 Å². The first-order valence-electron chi connectivity index (χ1n) is 5.49. The molecule has 0 radical (unpaired) electrons. The molecule has 0 saturated carbocycles. The van der Waals surface area contributed by atoms with Gasteiger partial charge in [-0.3, -0.25) is 5.32 Å². The number of halogens is 6. The van der Waals surface area contributed by atoms with Crippen molar-refractivity contribution in [1.82, 2.24) is 5.32 Å². The van der Waals surface area contributed by atoms with Gasteiger partial charge in [-0.25, -0.2) is 4.79 Å². The van der Waals surface area contributed by atoms with E-state index in [2.05, 4.69) is 4.74 Å². The Morgan fingerprint density at radius 3 is 2.24 bits per heavy atom. The zero-order valence-electron chi connectivity index (χ0n) is 10.3. The van der Waals surface area contributed by atoms with Crippen LogP contribution in [-0.2, 0) is 11.2 Å². The lowest BCUT2D eigenvalue weighted by atomic mass is 10.1. The minimum Gasteiger partial charge on any atom is -0.436 e. The van der Waals surface area contributed by atoms with Crippen LogP contribution >= 0.6 is 34.8 Å². The van der Waals surface area contributed by atoms with Crippen LogP contribution in [0.5, 0.6) is 0 Å². The smallest absolute Gasteiger partial charge is 0.425 e. The van der Waals surface area contributed by atoms with Crippen LogP contribution in [0.4, 0.5) is 18.0 Å². The summed E-state index contributed by atoms with van der Waals surface area (Å²) >= 11 is 15.9. The molecule has 9 heteroatoms. The van der Waals surface area contributed by atoms with Crippen LogP contribution < -0.4 is 5.32 Å². The largest absolute Gasteiger partial charge is 0.436 e. The monoisotopic (exact) mass is 361 g/mol. The molecule has 1 amide bonds. The Labute approximate surface area is 133 Å². The van der Waals surface area contributed by atoms with Crippen LogP contribution in [0.2, 0.25) is 0 Å². The number of hydrogen-bond donors (Lipinski definition) is 1. The molecule has 1 aromatic rings. The highest BCUT2D eigenvalue weighted by Gasteiger charge is 2.42. The van der Waals surface area contributed by atoms with E-state index in [9.17, 15) is 18.0 Å². The molecule has 1 N–H and O–H groups in total. The summed E-state index contributed by atoms with van der Waals surface area (Å²) in [5.41, 5.74) is 0.365. The summed E-state index contributed by atoms with van der Waals surface area (Å²) in [5.74, 6) is 0. The van der Waals surface area contributed by atoms with Gasteiger partial charge in [-0.1, -0.05) is 65.1 Å². The van der Waals surface area contributed by atoms with Gasteiger partial charge in [0.25, 0.3) is 0 Å². The minimum atomic E-state index is -4.73. The first-order valence-corrected chi connectivity index (χ1v) is 6.62. The van der Waals surface area contributed by atoms with Crippen molar-refractivity contribution in [2.75, 3.05) is 0 Å². The Morgan fingerprint density at radius 1 is 1.19 bits per heavy atom. The van der Waals surface area contributed by atoms with Crippen LogP contribution in [-0.4, -0.2) is 18.4 Å². The molecule has 1 rings (SSSR count). The number of carbonyl (C=O) groups excluding carboxylic acids is 1. The van der Waals surface area contributed by atoms with Gasteiger partial charge in [0.05, 0.1) is 0 Å². The lowest BCUT2D eigenvalue weighted by molar-refractivity contribution is -0.202. The first-order chi connectivity index (χ1) is 9.70. The Morgan fingerprint density at radius 2 is 1.76 bits per heavy atom. The Bertz CT molecular complexity index is 516. The molecule has 0 aliphatic rings. The number of amides is 1. The van der Waals surface area contributed by atoms with E-state index in [0.29, 0.717) is 5.56 Å². The second kappa shape index (κ2) is 7.77. The standard InChI is InChI=1S/C12H9Cl3F3NO2/c13-9(14)10(15)19-11(20)21-8(12(16,17)18)6-7-4-2-1-3-5-7/h1-5,8H,6H2,(H,19,20)/t8-/m1/s1. The van der Waals surface area contributed by atoms with Crippen LogP contribution in [0.25, 0.3) is 0 Å². The first kappa shape index (κ1) is 17.9. The average Bonchev–Trinajstić information content (AvgIpc) is 2.37. The molecule has 1 aromatic carbocycles. The molecular formula is C12H9Cl3F3NO2. The van der Waals surface area contributed by atoms with Crippen molar-refractivity contribution >= 4 is 40.9 Å². The van der Waals surface area contributed by atoms with Gasteiger partial charge >= 0.3 is 12.3 Å². The highest BCUT2D eigenvalue weighted by atomic mass is 35.5. The van der Waals surface area contributed by atoms with Crippen molar-refractivity contribution in [1.29, 1.82) is 0 Å². The maximum Gasteiger partial charge on any atom is 0.425 e. The highest BCUT2D eigenvalue weighted by molar-refractivity contribution is 6.59. The number of alkyl carbamates (subject to hydrolysis) is 1. The molecule has 0 bridgehead atoms. The molecule has 3 nitrogen and oxygen atoms in total. The van der Waals surface area contributed by atoms with Gasteiger partial charge < -0.3 is 4.74 Å². The van der Waals surface area contributed by atoms with Gasteiger partial charge in [0.15, 0.2) is 0 Å².